The molecule has 2 aromatic carbocycles. The third-order valence-corrected chi connectivity index (χ3v) is 8.60. The molecule has 0 unspecified atom stereocenters. The van der Waals surface area contributed by atoms with Crippen LogP contribution in [0.5, 0.6) is 5.75 Å². The van der Waals surface area contributed by atoms with Crippen LogP contribution in [-0.2, 0) is 16.2 Å². The quantitative estimate of drug-likeness (QED) is 0.342. The molecule has 0 amide bonds. The third kappa shape index (κ3) is 4.35. The summed E-state index contributed by atoms with van der Waals surface area (Å²) >= 11 is 10.8. The first kappa shape index (κ1) is 24.0. The van der Waals surface area contributed by atoms with Gasteiger partial charge in [-0.05, 0) is 92.9 Å². The zero-order chi connectivity index (χ0) is 24.0. The number of Topliss-reactive ketones (excluding diaryl/α,β-unsaturated/α-hetero) is 2. The molecule has 2 aliphatic carbocycles. The van der Waals surface area contributed by atoms with Crippen LogP contribution >= 0.6 is 47.8 Å². The van der Waals surface area contributed by atoms with Crippen LogP contribution in [0.2, 0.25) is 0 Å². The largest absolute Gasteiger partial charge is 0.487 e. The number of hydrogen-bond acceptors (Lipinski definition) is 4. The van der Waals surface area contributed by atoms with Gasteiger partial charge >= 0.3 is 0 Å². The van der Waals surface area contributed by atoms with Gasteiger partial charge in [-0.15, -0.1) is 0 Å². The van der Waals surface area contributed by atoms with Gasteiger partial charge in [-0.2, -0.15) is 0 Å². The normalized spacial score (nSPS) is 18.9. The number of halogens is 3. The summed E-state index contributed by atoms with van der Waals surface area (Å²) in [6, 6.07) is 12.0. The number of benzene rings is 2. The molecule has 0 saturated heterocycles. The van der Waals surface area contributed by atoms with Crippen LogP contribution in [0.25, 0.3) is 0 Å². The van der Waals surface area contributed by atoms with Crippen molar-refractivity contribution in [2.45, 2.75) is 51.0 Å². The van der Waals surface area contributed by atoms with E-state index in [1.807, 2.05) is 43.4 Å². The van der Waals surface area contributed by atoms with Crippen LogP contribution in [0, 0.1) is 0 Å². The Balaban J connectivity index is 1.55. The molecule has 34 heavy (non-hydrogen) atoms. The number of hydrogen-bond donors (Lipinski definition) is 0. The zero-order valence-electron chi connectivity index (χ0n) is 18.8. The lowest BCUT2D eigenvalue weighted by atomic mass is 9.71. The highest BCUT2D eigenvalue weighted by Crippen LogP contribution is 2.50. The van der Waals surface area contributed by atoms with Crippen LogP contribution in [0.15, 0.2) is 72.4 Å². The van der Waals surface area contributed by atoms with Crippen molar-refractivity contribution >= 4 is 59.4 Å². The molecule has 0 fully saturated rings. The molecule has 176 valence electrons. The second-order valence-electron chi connectivity index (χ2n) is 9.00. The van der Waals surface area contributed by atoms with E-state index in [0.29, 0.717) is 25.2 Å². The molecule has 0 bridgehead atoms. The molecule has 0 saturated carbocycles. The standard InChI is InChI=1S/C27H24Br3NO3/c1-31-20-4-2-6-22(32)25(20)24(26-21(31)5-3-7-23(26)33)16-12-18(29)27(19(30)13-16)34-14-15-8-10-17(28)11-9-15/h8-13,24H,2-7,14H2,1H3. The van der Waals surface area contributed by atoms with Crippen LogP contribution in [0.3, 0.4) is 0 Å². The summed E-state index contributed by atoms with van der Waals surface area (Å²) in [5.41, 5.74) is 5.75. The molecule has 3 aliphatic rings. The van der Waals surface area contributed by atoms with E-state index in [9.17, 15) is 9.59 Å². The van der Waals surface area contributed by atoms with Gasteiger partial charge in [0.05, 0.1) is 8.95 Å². The Labute approximate surface area is 224 Å². The summed E-state index contributed by atoms with van der Waals surface area (Å²) in [5.74, 6) is 0.694. The van der Waals surface area contributed by atoms with Gasteiger partial charge in [0, 0.05) is 52.8 Å². The first-order valence-corrected chi connectivity index (χ1v) is 13.9. The van der Waals surface area contributed by atoms with Crippen molar-refractivity contribution in [3.8, 4) is 5.75 Å². The number of carbonyl (C=O) groups is 2. The Bertz CT molecular complexity index is 1180. The number of rotatable bonds is 4. The van der Waals surface area contributed by atoms with Gasteiger partial charge in [0.15, 0.2) is 11.6 Å². The minimum Gasteiger partial charge on any atom is -0.487 e. The zero-order valence-corrected chi connectivity index (χ0v) is 23.6. The second-order valence-corrected chi connectivity index (χ2v) is 11.6. The van der Waals surface area contributed by atoms with E-state index in [1.165, 1.54) is 0 Å². The van der Waals surface area contributed by atoms with Crippen molar-refractivity contribution in [1.29, 1.82) is 0 Å². The second kappa shape index (κ2) is 9.75. The smallest absolute Gasteiger partial charge is 0.161 e. The van der Waals surface area contributed by atoms with Gasteiger partial charge in [-0.1, -0.05) is 28.1 Å². The molecule has 5 rings (SSSR count). The summed E-state index contributed by atoms with van der Waals surface area (Å²) in [6.07, 6.45) is 4.54. The summed E-state index contributed by atoms with van der Waals surface area (Å²) < 4.78 is 8.75. The molecule has 0 atom stereocenters. The first-order valence-electron chi connectivity index (χ1n) is 11.5. The average molecular weight is 650 g/mol. The maximum absolute atomic E-state index is 13.2. The molecule has 0 radical (unpaired) electrons. The minimum atomic E-state index is -0.324. The van der Waals surface area contributed by atoms with Gasteiger partial charge in [0.2, 0.25) is 0 Å². The third-order valence-electron chi connectivity index (χ3n) is 6.89. The molecule has 1 heterocycles. The number of ether oxygens (including phenoxy) is 1. The molecule has 0 aromatic heterocycles. The summed E-state index contributed by atoms with van der Waals surface area (Å²) in [6.45, 7) is 0.430. The molecular formula is C27H24Br3NO3. The highest BCUT2D eigenvalue weighted by atomic mass is 79.9. The topological polar surface area (TPSA) is 46.6 Å². The SMILES string of the molecule is CN1C2=C(C(=O)CCC2)C(c2cc(Br)c(OCc3ccc(Br)cc3)c(Br)c2)C2=C1CCCC2=O. The number of ketones is 2. The first-order chi connectivity index (χ1) is 16.3. The van der Waals surface area contributed by atoms with E-state index in [4.69, 9.17) is 4.74 Å². The Morgan fingerprint density at radius 3 is 1.91 bits per heavy atom. The molecule has 0 N–H and O–H groups in total. The molecule has 0 spiro atoms. The van der Waals surface area contributed by atoms with E-state index >= 15 is 0 Å². The van der Waals surface area contributed by atoms with Crippen molar-refractivity contribution < 1.29 is 14.3 Å². The molecule has 4 nitrogen and oxygen atoms in total. The lowest BCUT2D eigenvalue weighted by Crippen LogP contribution is -2.37. The maximum Gasteiger partial charge on any atom is 0.161 e. The molecular weight excluding hydrogens is 626 g/mol. The predicted molar refractivity (Wildman–Crippen MR) is 143 cm³/mol. The van der Waals surface area contributed by atoms with Gasteiger partial charge in [0.25, 0.3) is 0 Å². The van der Waals surface area contributed by atoms with E-state index < -0.39 is 0 Å². The lowest BCUT2D eigenvalue weighted by molar-refractivity contribution is -0.117. The number of allylic oxidation sites excluding steroid dienone is 4. The molecule has 2 aromatic rings. The van der Waals surface area contributed by atoms with Crippen molar-refractivity contribution in [1.82, 2.24) is 4.90 Å². The van der Waals surface area contributed by atoms with E-state index in [1.54, 1.807) is 0 Å². The van der Waals surface area contributed by atoms with Gasteiger partial charge in [-0.25, -0.2) is 0 Å². The van der Waals surface area contributed by atoms with Gasteiger partial charge in [0.1, 0.15) is 12.4 Å². The highest BCUT2D eigenvalue weighted by molar-refractivity contribution is 9.11. The van der Waals surface area contributed by atoms with E-state index in [-0.39, 0.29) is 17.5 Å². The van der Waals surface area contributed by atoms with Crippen molar-refractivity contribution in [3.63, 3.8) is 0 Å². The summed E-state index contributed by atoms with van der Waals surface area (Å²) in [5, 5.41) is 0. The summed E-state index contributed by atoms with van der Waals surface area (Å²) in [7, 11) is 2.02. The predicted octanol–water partition coefficient (Wildman–Crippen LogP) is 7.60. The Morgan fingerprint density at radius 2 is 1.38 bits per heavy atom. The number of nitrogens with zero attached hydrogens (tertiary/aromatic N) is 1. The van der Waals surface area contributed by atoms with Crippen LogP contribution in [-0.4, -0.2) is 23.5 Å². The minimum absolute atomic E-state index is 0.158. The van der Waals surface area contributed by atoms with Crippen LogP contribution in [0.1, 0.15) is 55.6 Å². The number of carbonyl (C=O) groups excluding carboxylic acids is 2. The Hall–Kier alpha value is -1.70. The Kier molecular flexibility index (Phi) is 6.88. The monoisotopic (exact) mass is 647 g/mol. The highest BCUT2D eigenvalue weighted by Gasteiger charge is 2.42. The van der Waals surface area contributed by atoms with E-state index in [2.05, 4.69) is 52.7 Å². The maximum atomic E-state index is 13.2. The van der Waals surface area contributed by atoms with Crippen LogP contribution in [0.4, 0.5) is 0 Å². The average Bonchev–Trinajstić information content (AvgIpc) is 2.81. The van der Waals surface area contributed by atoms with Gasteiger partial charge in [-0.3, -0.25) is 9.59 Å². The van der Waals surface area contributed by atoms with Crippen LogP contribution < -0.4 is 4.74 Å². The van der Waals surface area contributed by atoms with Crippen molar-refractivity contribution in [3.05, 3.63) is 83.5 Å². The molecule has 7 heteroatoms. The fraction of sp³-hybridized carbons (Fsp3) is 0.333. The van der Waals surface area contributed by atoms with Crippen molar-refractivity contribution in [2.24, 2.45) is 0 Å². The fourth-order valence-electron chi connectivity index (χ4n) is 5.31. The van der Waals surface area contributed by atoms with Crippen molar-refractivity contribution in [2.75, 3.05) is 7.05 Å². The van der Waals surface area contributed by atoms with Gasteiger partial charge < -0.3 is 9.64 Å². The fourth-order valence-corrected chi connectivity index (χ4v) is 7.02. The molecule has 1 aliphatic heterocycles. The lowest BCUT2D eigenvalue weighted by Gasteiger charge is -2.42. The Morgan fingerprint density at radius 1 is 0.853 bits per heavy atom. The van der Waals surface area contributed by atoms with E-state index in [0.717, 1.165) is 72.8 Å². The summed E-state index contributed by atoms with van der Waals surface area (Å²) in [4.78, 5) is 28.5.